The summed E-state index contributed by atoms with van der Waals surface area (Å²) >= 11 is 6.32. The number of halogens is 1. The second-order valence-electron chi connectivity index (χ2n) is 5.44. The minimum atomic E-state index is -0.321. The number of benzene rings is 1. The second kappa shape index (κ2) is 6.50. The highest BCUT2D eigenvalue weighted by Crippen LogP contribution is 2.29. The fourth-order valence-electron chi connectivity index (χ4n) is 2.85. The van der Waals surface area contributed by atoms with Crippen LogP contribution < -0.4 is 5.32 Å². The molecule has 1 amide bonds. The lowest BCUT2D eigenvalue weighted by molar-refractivity contribution is -0.138. The number of carbonyl (C=O) groups is 1. The Kier molecular flexibility index (Phi) is 4.45. The van der Waals surface area contributed by atoms with Crippen LogP contribution in [0.1, 0.15) is 24.6 Å². The summed E-state index contributed by atoms with van der Waals surface area (Å²) in [5.41, 5.74) is 0.984. The van der Waals surface area contributed by atoms with Gasteiger partial charge in [0.05, 0.1) is 6.04 Å². The van der Waals surface area contributed by atoms with Crippen molar-refractivity contribution in [3.63, 3.8) is 0 Å². The molecule has 0 bridgehead atoms. The van der Waals surface area contributed by atoms with Crippen molar-refractivity contribution in [2.75, 3.05) is 19.6 Å². The third-order valence-electron chi connectivity index (χ3n) is 4.07. The maximum atomic E-state index is 12.9. The van der Waals surface area contributed by atoms with Gasteiger partial charge >= 0.3 is 0 Å². The van der Waals surface area contributed by atoms with Crippen molar-refractivity contribution in [1.29, 1.82) is 0 Å². The highest BCUT2D eigenvalue weighted by molar-refractivity contribution is 6.31. The molecule has 1 aliphatic heterocycles. The van der Waals surface area contributed by atoms with Crippen molar-refractivity contribution >= 4 is 17.5 Å². The van der Waals surface area contributed by atoms with Crippen molar-refractivity contribution in [3.8, 4) is 0 Å². The highest BCUT2D eigenvalue weighted by atomic mass is 35.5. The third kappa shape index (κ3) is 2.87. The fourth-order valence-corrected chi connectivity index (χ4v) is 3.12. The van der Waals surface area contributed by atoms with E-state index in [1.165, 1.54) is 0 Å². The van der Waals surface area contributed by atoms with E-state index in [4.69, 9.17) is 11.6 Å². The van der Waals surface area contributed by atoms with E-state index >= 15 is 0 Å². The van der Waals surface area contributed by atoms with Crippen LogP contribution in [0.25, 0.3) is 0 Å². The van der Waals surface area contributed by atoms with E-state index in [0.29, 0.717) is 18.1 Å². The van der Waals surface area contributed by atoms with Gasteiger partial charge in [-0.1, -0.05) is 29.8 Å². The molecular formula is C16H19ClN4O. The summed E-state index contributed by atoms with van der Waals surface area (Å²) in [5.74, 6) is 0.0649. The van der Waals surface area contributed by atoms with Gasteiger partial charge in [-0.3, -0.25) is 9.48 Å². The monoisotopic (exact) mass is 318 g/mol. The van der Waals surface area contributed by atoms with Crippen LogP contribution in [-0.2, 0) is 4.79 Å². The molecule has 1 aromatic heterocycles. The first-order chi connectivity index (χ1) is 10.7. The molecule has 22 heavy (non-hydrogen) atoms. The Hall–Kier alpha value is -1.85. The Balaban J connectivity index is 1.87. The topological polar surface area (TPSA) is 50.2 Å². The highest BCUT2D eigenvalue weighted by Gasteiger charge is 2.32. The van der Waals surface area contributed by atoms with Gasteiger partial charge in [-0.15, -0.1) is 0 Å². The molecule has 1 fully saturated rings. The van der Waals surface area contributed by atoms with Crippen LogP contribution in [0.3, 0.4) is 0 Å². The molecule has 1 aromatic carbocycles. The first kappa shape index (κ1) is 15.1. The molecule has 6 heteroatoms. The lowest BCUT2D eigenvalue weighted by Gasteiger charge is -2.38. The minimum Gasteiger partial charge on any atom is -0.331 e. The molecule has 0 spiro atoms. The number of hydrogen-bond donors (Lipinski definition) is 1. The van der Waals surface area contributed by atoms with Gasteiger partial charge in [-0.25, -0.2) is 0 Å². The molecule has 2 aromatic rings. The largest absolute Gasteiger partial charge is 0.331 e. The molecule has 0 saturated carbocycles. The Labute approximate surface area is 134 Å². The van der Waals surface area contributed by atoms with Gasteiger partial charge in [0, 0.05) is 37.1 Å². The zero-order valence-electron chi connectivity index (χ0n) is 12.4. The maximum absolute atomic E-state index is 12.9. The zero-order valence-corrected chi connectivity index (χ0v) is 13.2. The SMILES string of the molecule is CC(C(=O)N1CCNCC1c1ccccc1Cl)n1cccn1. The predicted octanol–water partition coefficient (Wildman–Crippen LogP) is 2.27. The number of nitrogens with one attached hydrogen (secondary N) is 1. The Morgan fingerprint density at radius 1 is 1.41 bits per heavy atom. The average molecular weight is 319 g/mol. The summed E-state index contributed by atoms with van der Waals surface area (Å²) in [4.78, 5) is 14.8. The summed E-state index contributed by atoms with van der Waals surface area (Å²) in [7, 11) is 0. The van der Waals surface area contributed by atoms with Gasteiger partial charge in [0.1, 0.15) is 6.04 Å². The molecule has 116 valence electrons. The van der Waals surface area contributed by atoms with Crippen molar-refractivity contribution in [2.24, 2.45) is 0 Å². The van der Waals surface area contributed by atoms with Gasteiger partial charge in [0.25, 0.3) is 0 Å². The Morgan fingerprint density at radius 2 is 2.23 bits per heavy atom. The maximum Gasteiger partial charge on any atom is 0.247 e. The summed E-state index contributed by atoms with van der Waals surface area (Å²) < 4.78 is 1.69. The number of carbonyl (C=O) groups excluding carboxylic acids is 1. The third-order valence-corrected chi connectivity index (χ3v) is 4.41. The number of hydrogen-bond acceptors (Lipinski definition) is 3. The lowest BCUT2D eigenvalue weighted by Crippen LogP contribution is -2.50. The number of nitrogens with zero attached hydrogens (tertiary/aromatic N) is 3. The molecule has 2 heterocycles. The van der Waals surface area contributed by atoms with Crippen molar-refractivity contribution in [3.05, 3.63) is 53.3 Å². The predicted molar refractivity (Wildman–Crippen MR) is 85.7 cm³/mol. The van der Waals surface area contributed by atoms with E-state index in [1.54, 1.807) is 10.9 Å². The van der Waals surface area contributed by atoms with Crippen LogP contribution in [-0.4, -0.2) is 40.2 Å². The number of amides is 1. The van der Waals surface area contributed by atoms with Crippen LogP contribution in [0.15, 0.2) is 42.7 Å². The van der Waals surface area contributed by atoms with E-state index in [1.807, 2.05) is 48.4 Å². The molecule has 2 unspecified atom stereocenters. The van der Waals surface area contributed by atoms with E-state index < -0.39 is 0 Å². The van der Waals surface area contributed by atoms with E-state index in [0.717, 1.165) is 12.1 Å². The summed E-state index contributed by atoms with van der Waals surface area (Å²) in [6.07, 6.45) is 3.50. The normalized spacial score (nSPS) is 19.9. The van der Waals surface area contributed by atoms with E-state index in [-0.39, 0.29) is 18.0 Å². The van der Waals surface area contributed by atoms with Gasteiger partial charge in [-0.2, -0.15) is 5.10 Å². The van der Waals surface area contributed by atoms with E-state index in [2.05, 4.69) is 10.4 Å². The smallest absolute Gasteiger partial charge is 0.247 e. The number of aromatic nitrogens is 2. The van der Waals surface area contributed by atoms with Crippen molar-refractivity contribution in [2.45, 2.75) is 19.0 Å². The first-order valence-corrected chi connectivity index (χ1v) is 7.81. The molecular weight excluding hydrogens is 300 g/mol. The van der Waals surface area contributed by atoms with Crippen LogP contribution in [0.5, 0.6) is 0 Å². The quantitative estimate of drug-likeness (QED) is 0.944. The van der Waals surface area contributed by atoms with Crippen LogP contribution in [0.2, 0.25) is 5.02 Å². The molecule has 2 atom stereocenters. The summed E-state index contributed by atoms with van der Waals surface area (Å²) in [5, 5.41) is 8.21. The molecule has 1 saturated heterocycles. The Bertz CT molecular complexity index is 643. The molecule has 0 aliphatic carbocycles. The Morgan fingerprint density at radius 3 is 2.95 bits per heavy atom. The number of rotatable bonds is 3. The second-order valence-corrected chi connectivity index (χ2v) is 5.84. The zero-order chi connectivity index (χ0) is 15.5. The minimum absolute atomic E-state index is 0.0482. The lowest BCUT2D eigenvalue weighted by atomic mass is 10.0. The van der Waals surface area contributed by atoms with Crippen LogP contribution in [0, 0.1) is 0 Å². The summed E-state index contributed by atoms with van der Waals surface area (Å²) in [6, 6.07) is 9.17. The van der Waals surface area contributed by atoms with Crippen LogP contribution >= 0.6 is 11.6 Å². The van der Waals surface area contributed by atoms with E-state index in [9.17, 15) is 4.79 Å². The standard InChI is InChI=1S/C16H19ClN4O/c1-12(21-9-4-7-19-21)16(22)20-10-8-18-11-15(20)13-5-2-3-6-14(13)17/h2-7,9,12,15,18H,8,10-11H2,1H3. The van der Waals surface area contributed by atoms with Gasteiger partial charge in [0.2, 0.25) is 5.91 Å². The number of piperazine rings is 1. The van der Waals surface area contributed by atoms with Crippen LogP contribution in [0.4, 0.5) is 0 Å². The first-order valence-electron chi connectivity index (χ1n) is 7.43. The molecule has 3 rings (SSSR count). The average Bonchev–Trinajstić information content (AvgIpc) is 3.08. The van der Waals surface area contributed by atoms with Gasteiger partial charge < -0.3 is 10.2 Å². The fraction of sp³-hybridized carbons (Fsp3) is 0.375. The van der Waals surface area contributed by atoms with Gasteiger partial charge in [0.15, 0.2) is 0 Å². The van der Waals surface area contributed by atoms with Crippen molar-refractivity contribution < 1.29 is 4.79 Å². The van der Waals surface area contributed by atoms with Crippen molar-refractivity contribution in [1.82, 2.24) is 20.0 Å². The van der Waals surface area contributed by atoms with Gasteiger partial charge in [-0.05, 0) is 24.6 Å². The molecule has 0 radical (unpaired) electrons. The molecule has 1 aliphatic rings. The summed E-state index contributed by atoms with van der Waals surface area (Å²) in [6.45, 7) is 4.04. The molecule has 1 N–H and O–H groups in total. The molecule has 5 nitrogen and oxygen atoms in total.